The van der Waals surface area contributed by atoms with E-state index >= 15 is 0 Å². The smallest absolute Gasteiger partial charge is 0.0751 e. The molecule has 0 spiro atoms. The van der Waals surface area contributed by atoms with Crippen molar-refractivity contribution in [1.82, 2.24) is 15.0 Å². The Balaban J connectivity index is 2.12. The first-order valence-corrected chi connectivity index (χ1v) is 5.25. The van der Waals surface area contributed by atoms with Crippen LogP contribution in [-0.4, -0.2) is 15.0 Å². The Labute approximate surface area is 84.5 Å². The zero-order valence-electron chi connectivity index (χ0n) is 8.90. The molecule has 1 aromatic heterocycles. The van der Waals surface area contributed by atoms with E-state index in [0.717, 1.165) is 12.2 Å². The zero-order chi connectivity index (χ0) is 10.2. The largest absolute Gasteiger partial charge is 0.323 e. The van der Waals surface area contributed by atoms with Crippen LogP contribution in [0.25, 0.3) is 0 Å². The first kappa shape index (κ1) is 9.65. The third kappa shape index (κ3) is 1.66. The minimum Gasteiger partial charge on any atom is -0.323 e. The van der Waals surface area contributed by atoms with Gasteiger partial charge in [0.15, 0.2) is 0 Å². The van der Waals surface area contributed by atoms with Crippen LogP contribution in [0.5, 0.6) is 0 Å². The molecule has 1 saturated carbocycles. The molecule has 0 bridgehead atoms. The summed E-state index contributed by atoms with van der Waals surface area (Å²) in [6.07, 6.45) is 5.71. The van der Waals surface area contributed by atoms with Crippen molar-refractivity contribution in [1.29, 1.82) is 0 Å². The van der Waals surface area contributed by atoms with Gasteiger partial charge in [-0.15, -0.1) is 5.10 Å². The van der Waals surface area contributed by atoms with Crippen molar-refractivity contribution in [2.24, 2.45) is 11.1 Å². The highest BCUT2D eigenvalue weighted by atomic mass is 15.4. The van der Waals surface area contributed by atoms with Gasteiger partial charge >= 0.3 is 0 Å². The molecule has 1 aliphatic rings. The molecule has 0 radical (unpaired) electrons. The topological polar surface area (TPSA) is 56.7 Å². The molecule has 1 aliphatic carbocycles. The summed E-state index contributed by atoms with van der Waals surface area (Å²) >= 11 is 0. The Morgan fingerprint density at radius 1 is 1.64 bits per heavy atom. The number of nitrogens with zero attached hydrogens (tertiary/aromatic N) is 3. The molecule has 0 aromatic carbocycles. The number of nitrogens with two attached hydrogens (primary N) is 1. The van der Waals surface area contributed by atoms with E-state index in [9.17, 15) is 0 Å². The first-order chi connectivity index (χ1) is 6.61. The zero-order valence-corrected chi connectivity index (χ0v) is 8.90. The molecule has 1 unspecified atom stereocenters. The minimum absolute atomic E-state index is 0.0219. The lowest BCUT2D eigenvalue weighted by atomic mass is 9.70. The molecular formula is C10H18N4. The lowest BCUT2D eigenvalue weighted by Gasteiger charge is -2.38. The Hall–Kier alpha value is -0.900. The van der Waals surface area contributed by atoms with E-state index in [1.165, 1.54) is 19.3 Å². The Morgan fingerprint density at radius 3 is 2.86 bits per heavy atom. The summed E-state index contributed by atoms with van der Waals surface area (Å²) in [5.41, 5.74) is 7.30. The number of hydrogen-bond donors (Lipinski definition) is 1. The fourth-order valence-electron chi connectivity index (χ4n) is 2.04. The van der Waals surface area contributed by atoms with Crippen LogP contribution in [0.2, 0.25) is 0 Å². The molecule has 1 aromatic rings. The van der Waals surface area contributed by atoms with Crippen molar-refractivity contribution in [3.63, 3.8) is 0 Å². The number of rotatable bonds is 3. The molecule has 4 nitrogen and oxygen atoms in total. The predicted octanol–water partition coefficient (Wildman–Crippen LogP) is 1.49. The van der Waals surface area contributed by atoms with Crippen molar-refractivity contribution in [2.45, 2.75) is 45.7 Å². The highest BCUT2D eigenvalue weighted by Gasteiger charge is 2.33. The van der Waals surface area contributed by atoms with Crippen LogP contribution in [0.1, 0.15) is 44.8 Å². The molecule has 1 fully saturated rings. The van der Waals surface area contributed by atoms with E-state index in [4.69, 9.17) is 5.73 Å². The first-order valence-electron chi connectivity index (χ1n) is 5.25. The summed E-state index contributed by atoms with van der Waals surface area (Å²) in [5, 5.41) is 8.01. The Kier molecular flexibility index (Phi) is 2.31. The molecular weight excluding hydrogens is 176 g/mol. The summed E-state index contributed by atoms with van der Waals surface area (Å²) in [6.45, 7) is 5.24. The van der Waals surface area contributed by atoms with Gasteiger partial charge in [-0.2, -0.15) is 0 Å². The molecule has 78 valence electrons. The van der Waals surface area contributed by atoms with Gasteiger partial charge in [0, 0.05) is 12.6 Å². The SMILES string of the molecule is CC(N)c1cnnn1CC1(C)CCC1. The van der Waals surface area contributed by atoms with E-state index in [-0.39, 0.29) is 6.04 Å². The van der Waals surface area contributed by atoms with Crippen LogP contribution in [-0.2, 0) is 6.54 Å². The van der Waals surface area contributed by atoms with Crippen molar-refractivity contribution in [3.05, 3.63) is 11.9 Å². The third-order valence-corrected chi connectivity index (χ3v) is 3.21. The van der Waals surface area contributed by atoms with E-state index < -0.39 is 0 Å². The quantitative estimate of drug-likeness (QED) is 0.793. The van der Waals surface area contributed by atoms with Gasteiger partial charge in [-0.05, 0) is 25.2 Å². The number of aromatic nitrogens is 3. The molecule has 2 rings (SSSR count). The van der Waals surface area contributed by atoms with E-state index in [1.807, 2.05) is 11.6 Å². The van der Waals surface area contributed by atoms with Crippen LogP contribution in [0.3, 0.4) is 0 Å². The van der Waals surface area contributed by atoms with Gasteiger partial charge in [-0.25, -0.2) is 4.68 Å². The minimum atomic E-state index is 0.0219. The highest BCUT2D eigenvalue weighted by Crippen LogP contribution is 2.41. The fraction of sp³-hybridized carbons (Fsp3) is 0.800. The maximum atomic E-state index is 5.84. The molecule has 1 atom stereocenters. The predicted molar refractivity (Wildman–Crippen MR) is 54.6 cm³/mol. The number of hydrogen-bond acceptors (Lipinski definition) is 3. The van der Waals surface area contributed by atoms with E-state index in [1.54, 1.807) is 6.20 Å². The fourth-order valence-corrected chi connectivity index (χ4v) is 2.04. The van der Waals surface area contributed by atoms with Gasteiger partial charge < -0.3 is 5.73 Å². The lowest BCUT2D eigenvalue weighted by molar-refractivity contribution is 0.123. The lowest BCUT2D eigenvalue weighted by Crippen LogP contribution is -2.32. The molecule has 4 heteroatoms. The van der Waals surface area contributed by atoms with Crippen LogP contribution in [0, 0.1) is 5.41 Å². The normalized spacial score (nSPS) is 21.6. The summed E-state index contributed by atoms with van der Waals surface area (Å²) < 4.78 is 1.96. The summed E-state index contributed by atoms with van der Waals surface area (Å²) in [5.74, 6) is 0. The maximum absolute atomic E-state index is 5.84. The molecule has 0 aliphatic heterocycles. The average Bonchev–Trinajstić information content (AvgIpc) is 2.49. The van der Waals surface area contributed by atoms with Gasteiger partial charge in [0.2, 0.25) is 0 Å². The summed E-state index contributed by atoms with van der Waals surface area (Å²) in [6, 6.07) is 0.0219. The summed E-state index contributed by atoms with van der Waals surface area (Å²) in [4.78, 5) is 0. The summed E-state index contributed by atoms with van der Waals surface area (Å²) in [7, 11) is 0. The van der Waals surface area contributed by atoms with Crippen molar-refractivity contribution >= 4 is 0 Å². The standard InChI is InChI=1S/C10H18N4/c1-8(11)9-6-12-13-14(9)7-10(2)4-3-5-10/h6,8H,3-5,7,11H2,1-2H3. The van der Waals surface area contributed by atoms with Crippen molar-refractivity contribution < 1.29 is 0 Å². The second-order valence-corrected chi connectivity index (χ2v) is 4.77. The monoisotopic (exact) mass is 194 g/mol. The molecule has 14 heavy (non-hydrogen) atoms. The van der Waals surface area contributed by atoms with Gasteiger partial charge in [-0.3, -0.25) is 0 Å². The second-order valence-electron chi connectivity index (χ2n) is 4.77. The van der Waals surface area contributed by atoms with Crippen molar-refractivity contribution in [3.8, 4) is 0 Å². The molecule has 0 amide bonds. The van der Waals surface area contributed by atoms with Gasteiger partial charge in [0.05, 0.1) is 11.9 Å². The van der Waals surface area contributed by atoms with E-state index in [0.29, 0.717) is 5.41 Å². The van der Waals surface area contributed by atoms with Crippen LogP contribution >= 0.6 is 0 Å². The van der Waals surface area contributed by atoms with Crippen LogP contribution < -0.4 is 5.73 Å². The van der Waals surface area contributed by atoms with Gasteiger partial charge in [0.25, 0.3) is 0 Å². The molecule has 0 saturated heterocycles. The third-order valence-electron chi connectivity index (χ3n) is 3.21. The average molecular weight is 194 g/mol. The highest BCUT2D eigenvalue weighted by molar-refractivity contribution is 5.00. The molecule has 2 N–H and O–H groups in total. The van der Waals surface area contributed by atoms with Crippen molar-refractivity contribution in [2.75, 3.05) is 0 Å². The van der Waals surface area contributed by atoms with Crippen LogP contribution in [0.4, 0.5) is 0 Å². The van der Waals surface area contributed by atoms with Gasteiger partial charge in [-0.1, -0.05) is 18.6 Å². The van der Waals surface area contributed by atoms with E-state index in [2.05, 4.69) is 17.2 Å². The Morgan fingerprint density at radius 2 is 2.36 bits per heavy atom. The molecule has 1 heterocycles. The van der Waals surface area contributed by atoms with Gasteiger partial charge in [0.1, 0.15) is 0 Å². The maximum Gasteiger partial charge on any atom is 0.0751 e. The second kappa shape index (κ2) is 3.35. The van der Waals surface area contributed by atoms with Crippen LogP contribution in [0.15, 0.2) is 6.20 Å². The Bertz CT molecular complexity index is 312.